The topological polar surface area (TPSA) is 50.7 Å². The van der Waals surface area contributed by atoms with Gasteiger partial charge in [-0.15, -0.1) is 13.2 Å². The van der Waals surface area contributed by atoms with Gasteiger partial charge in [0.05, 0.1) is 5.71 Å². The fourth-order valence-corrected chi connectivity index (χ4v) is 3.33. The maximum Gasteiger partial charge on any atom is 0.573 e. The van der Waals surface area contributed by atoms with E-state index in [4.69, 9.17) is 0 Å². The molecule has 0 atom stereocenters. The van der Waals surface area contributed by atoms with Gasteiger partial charge in [-0.1, -0.05) is 18.2 Å². The van der Waals surface area contributed by atoms with Gasteiger partial charge in [-0.3, -0.25) is 9.79 Å². The number of fused-ring (bicyclic) bond motifs is 1. The lowest BCUT2D eigenvalue weighted by atomic mass is 9.93. The molecule has 0 radical (unpaired) electrons. The smallest absolute Gasteiger partial charge is 0.406 e. The van der Waals surface area contributed by atoms with E-state index in [2.05, 4.69) is 15.0 Å². The number of carbonyl (C=O) groups excluding carboxylic acids is 1. The Morgan fingerprint density at radius 2 is 1.68 bits per heavy atom. The molecular weight excluding hydrogens is 412 g/mol. The molecule has 0 bridgehead atoms. The van der Waals surface area contributed by atoms with Crippen molar-refractivity contribution in [2.75, 3.05) is 11.9 Å². The minimum atomic E-state index is -4.79. The first-order chi connectivity index (χ1) is 14.8. The molecule has 1 aliphatic heterocycles. The van der Waals surface area contributed by atoms with Crippen LogP contribution in [0.5, 0.6) is 5.75 Å². The average Bonchev–Trinajstić information content (AvgIpc) is 2.73. The lowest BCUT2D eigenvalue weighted by molar-refractivity contribution is -0.274. The van der Waals surface area contributed by atoms with Crippen molar-refractivity contribution in [2.24, 2.45) is 4.99 Å². The quantitative estimate of drug-likeness (QED) is 0.568. The van der Waals surface area contributed by atoms with Crippen molar-refractivity contribution < 1.29 is 27.1 Å². The number of rotatable bonds is 4. The normalized spacial score (nSPS) is 13.2. The molecule has 0 spiro atoms. The molecule has 4 nitrogen and oxygen atoms in total. The van der Waals surface area contributed by atoms with Gasteiger partial charge in [0.1, 0.15) is 11.6 Å². The molecule has 158 valence electrons. The number of halogens is 4. The summed E-state index contributed by atoms with van der Waals surface area (Å²) in [4.78, 5) is 16.9. The summed E-state index contributed by atoms with van der Waals surface area (Å²) < 4.78 is 54.2. The van der Waals surface area contributed by atoms with Crippen molar-refractivity contribution in [3.8, 4) is 5.75 Å². The molecule has 1 aliphatic rings. The number of hydrogen-bond donors (Lipinski definition) is 1. The van der Waals surface area contributed by atoms with Gasteiger partial charge in [-0.2, -0.15) is 0 Å². The second-order valence-corrected chi connectivity index (χ2v) is 6.89. The molecule has 4 rings (SSSR count). The summed E-state index contributed by atoms with van der Waals surface area (Å²) in [5, 5.41) is 2.68. The molecule has 0 saturated heterocycles. The summed E-state index contributed by atoms with van der Waals surface area (Å²) >= 11 is 0. The summed E-state index contributed by atoms with van der Waals surface area (Å²) in [5.41, 5.74) is 3.95. The Balaban J connectivity index is 1.46. The molecule has 3 aromatic rings. The lowest BCUT2D eigenvalue weighted by Crippen LogP contribution is -2.17. The third-order valence-corrected chi connectivity index (χ3v) is 4.74. The molecule has 0 aliphatic carbocycles. The van der Waals surface area contributed by atoms with Gasteiger partial charge in [-0.05, 0) is 60.5 Å². The van der Waals surface area contributed by atoms with E-state index in [1.54, 1.807) is 30.3 Å². The Hall–Kier alpha value is -3.68. The van der Waals surface area contributed by atoms with E-state index in [0.717, 1.165) is 35.2 Å². The Morgan fingerprint density at radius 3 is 2.35 bits per heavy atom. The SMILES string of the molecule is O=C(Nc1ccc(C2=NCCc3ccc(F)cc32)cc1)c1ccc(OC(F)(F)F)cc1. The third-order valence-electron chi connectivity index (χ3n) is 4.74. The molecule has 31 heavy (non-hydrogen) atoms. The van der Waals surface area contributed by atoms with Crippen LogP contribution in [0.2, 0.25) is 0 Å². The fourth-order valence-electron chi connectivity index (χ4n) is 3.33. The van der Waals surface area contributed by atoms with E-state index in [1.807, 2.05) is 0 Å². The van der Waals surface area contributed by atoms with Crippen LogP contribution in [0.4, 0.5) is 23.2 Å². The Labute approximate surface area is 175 Å². The maximum absolute atomic E-state index is 13.7. The van der Waals surface area contributed by atoms with Crippen molar-refractivity contribution in [3.63, 3.8) is 0 Å². The number of carbonyl (C=O) groups is 1. The molecule has 8 heteroatoms. The van der Waals surface area contributed by atoms with Crippen LogP contribution in [0, 0.1) is 5.82 Å². The number of nitrogens with zero attached hydrogens (tertiary/aromatic N) is 1. The van der Waals surface area contributed by atoms with Crippen LogP contribution in [0.15, 0.2) is 71.7 Å². The van der Waals surface area contributed by atoms with Crippen molar-refractivity contribution >= 4 is 17.3 Å². The molecule has 0 saturated carbocycles. The van der Waals surface area contributed by atoms with Crippen molar-refractivity contribution in [2.45, 2.75) is 12.8 Å². The number of hydrogen-bond acceptors (Lipinski definition) is 3. The number of anilines is 1. The Kier molecular flexibility index (Phi) is 5.46. The van der Waals surface area contributed by atoms with Crippen LogP contribution >= 0.6 is 0 Å². The molecule has 0 fully saturated rings. The van der Waals surface area contributed by atoms with Crippen LogP contribution in [0.25, 0.3) is 0 Å². The second kappa shape index (κ2) is 8.22. The predicted octanol–water partition coefficient (Wildman–Crippen LogP) is 5.37. The van der Waals surface area contributed by atoms with Crippen molar-refractivity contribution in [1.82, 2.24) is 0 Å². The largest absolute Gasteiger partial charge is 0.573 e. The van der Waals surface area contributed by atoms with Gasteiger partial charge in [0.15, 0.2) is 0 Å². The van der Waals surface area contributed by atoms with Gasteiger partial charge in [0, 0.05) is 28.9 Å². The monoisotopic (exact) mass is 428 g/mol. The van der Waals surface area contributed by atoms with Gasteiger partial charge < -0.3 is 10.1 Å². The fraction of sp³-hybridized carbons (Fsp3) is 0.130. The van der Waals surface area contributed by atoms with Gasteiger partial charge in [-0.25, -0.2) is 4.39 Å². The highest BCUT2D eigenvalue weighted by Gasteiger charge is 2.31. The molecule has 1 N–H and O–H groups in total. The van der Waals surface area contributed by atoms with E-state index in [9.17, 15) is 22.4 Å². The first kappa shape index (κ1) is 20.6. The summed E-state index contributed by atoms with van der Waals surface area (Å²) in [7, 11) is 0. The summed E-state index contributed by atoms with van der Waals surface area (Å²) in [6.45, 7) is 0.612. The minimum absolute atomic E-state index is 0.180. The van der Waals surface area contributed by atoms with Crippen LogP contribution in [-0.2, 0) is 6.42 Å². The first-order valence-corrected chi connectivity index (χ1v) is 9.39. The number of nitrogens with one attached hydrogen (secondary N) is 1. The lowest BCUT2D eigenvalue weighted by Gasteiger charge is -2.17. The molecule has 3 aromatic carbocycles. The summed E-state index contributed by atoms with van der Waals surface area (Å²) in [5.74, 6) is -1.21. The Bertz CT molecular complexity index is 1140. The van der Waals surface area contributed by atoms with Crippen LogP contribution in [-0.4, -0.2) is 24.5 Å². The molecule has 0 aromatic heterocycles. The predicted molar refractivity (Wildman–Crippen MR) is 108 cm³/mol. The van der Waals surface area contributed by atoms with Crippen LogP contribution < -0.4 is 10.1 Å². The number of aliphatic imine (C=N–C) groups is 1. The maximum atomic E-state index is 13.7. The first-order valence-electron chi connectivity index (χ1n) is 9.39. The molecule has 0 unspecified atom stereocenters. The molecule has 1 heterocycles. The van der Waals surface area contributed by atoms with E-state index in [0.29, 0.717) is 17.9 Å². The van der Waals surface area contributed by atoms with Crippen LogP contribution in [0.1, 0.15) is 27.0 Å². The highest BCUT2D eigenvalue weighted by Crippen LogP contribution is 2.24. The number of alkyl halides is 3. The zero-order valence-electron chi connectivity index (χ0n) is 16.0. The van der Waals surface area contributed by atoms with E-state index in [-0.39, 0.29) is 11.4 Å². The minimum Gasteiger partial charge on any atom is -0.406 e. The molecule has 1 amide bonds. The zero-order chi connectivity index (χ0) is 22.0. The highest BCUT2D eigenvalue weighted by molar-refractivity contribution is 6.14. The number of ether oxygens (including phenoxy) is 1. The second-order valence-electron chi connectivity index (χ2n) is 6.89. The number of amides is 1. The third kappa shape index (κ3) is 4.91. The van der Waals surface area contributed by atoms with Crippen LogP contribution in [0.3, 0.4) is 0 Å². The highest BCUT2D eigenvalue weighted by atomic mass is 19.4. The van der Waals surface area contributed by atoms with Crippen molar-refractivity contribution in [1.29, 1.82) is 0 Å². The number of benzene rings is 3. The van der Waals surface area contributed by atoms with Gasteiger partial charge in [0.2, 0.25) is 0 Å². The standard InChI is InChI=1S/C23H16F4N2O2/c24-17-6-1-14-11-12-28-21(20(14)13-17)15-2-7-18(8-3-15)29-22(30)16-4-9-19(10-5-16)31-23(25,26)27/h1-10,13H,11-12H2,(H,29,30). The molecular formula is C23H16F4N2O2. The summed E-state index contributed by atoms with van der Waals surface area (Å²) in [6, 6.07) is 16.2. The van der Waals surface area contributed by atoms with E-state index < -0.39 is 18.0 Å². The van der Waals surface area contributed by atoms with Crippen molar-refractivity contribution in [3.05, 3.63) is 94.8 Å². The van der Waals surface area contributed by atoms with E-state index in [1.165, 1.54) is 24.3 Å². The Morgan fingerprint density at radius 1 is 0.968 bits per heavy atom. The zero-order valence-corrected chi connectivity index (χ0v) is 16.0. The summed E-state index contributed by atoms with van der Waals surface area (Å²) in [6.07, 6.45) is -4.04. The van der Waals surface area contributed by atoms with E-state index >= 15 is 0 Å². The van der Waals surface area contributed by atoms with Gasteiger partial charge in [0.25, 0.3) is 5.91 Å². The van der Waals surface area contributed by atoms with Gasteiger partial charge >= 0.3 is 6.36 Å². The average molecular weight is 428 g/mol.